The Hall–Kier alpha value is -2.24. The lowest BCUT2D eigenvalue weighted by Crippen LogP contribution is -2.25. The van der Waals surface area contributed by atoms with Gasteiger partial charge < -0.3 is 19.5 Å². The molecule has 24 heavy (non-hydrogen) atoms. The van der Waals surface area contributed by atoms with E-state index < -0.39 is 11.9 Å². The van der Waals surface area contributed by atoms with E-state index in [1.54, 1.807) is 4.90 Å². The van der Waals surface area contributed by atoms with Gasteiger partial charge in [-0.1, -0.05) is 19.4 Å². The summed E-state index contributed by atoms with van der Waals surface area (Å²) < 4.78 is 11.4. The number of carboxylic acids is 1. The highest BCUT2D eigenvalue weighted by molar-refractivity contribution is 5.86. The number of carboxylic acid groups (broad SMARTS) is 1. The highest BCUT2D eigenvalue weighted by Gasteiger charge is 2.34. The van der Waals surface area contributed by atoms with E-state index >= 15 is 0 Å². The van der Waals surface area contributed by atoms with Crippen LogP contribution in [0.4, 0.5) is 0 Å². The van der Waals surface area contributed by atoms with Crippen molar-refractivity contribution in [2.75, 3.05) is 19.8 Å². The van der Waals surface area contributed by atoms with Gasteiger partial charge in [0, 0.05) is 19.5 Å². The molecule has 1 unspecified atom stereocenters. The van der Waals surface area contributed by atoms with E-state index in [1.165, 1.54) is 0 Å². The number of ether oxygens (including phenoxy) is 2. The highest BCUT2D eigenvalue weighted by Crippen LogP contribution is 2.30. The van der Waals surface area contributed by atoms with Gasteiger partial charge in [0.05, 0.1) is 19.1 Å². The van der Waals surface area contributed by atoms with Crippen molar-refractivity contribution in [3.63, 3.8) is 0 Å². The molecule has 6 heteroatoms. The van der Waals surface area contributed by atoms with E-state index in [0.29, 0.717) is 31.3 Å². The second-order valence-corrected chi connectivity index (χ2v) is 5.93. The molecule has 1 heterocycles. The van der Waals surface area contributed by atoms with Crippen molar-refractivity contribution in [3.8, 4) is 11.5 Å². The van der Waals surface area contributed by atoms with Gasteiger partial charge in [-0.25, -0.2) is 0 Å². The van der Waals surface area contributed by atoms with E-state index in [1.807, 2.05) is 25.1 Å². The molecule has 1 aliphatic rings. The zero-order valence-corrected chi connectivity index (χ0v) is 14.3. The molecule has 1 fully saturated rings. The van der Waals surface area contributed by atoms with Crippen LogP contribution in [0.1, 0.15) is 38.7 Å². The number of likely N-dealkylation sites (tertiary alicyclic amines) is 1. The molecule has 1 aromatic carbocycles. The second-order valence-electron chi connectivity index (χ2n) is 5.93. The Kier molecular flexibility index (Phi) is 6.46. The van der Waals surface area contributed by atoms with Gasteiger partial charge in [-0.15, -0.1) is 0 Å². The van der Waals surface area contributed by atoms with E-state index in [9.17, 15) is 9.59 Å². The van der Waals surface area contributed by atoms with Crippen LogP contribution in [0.25, 0.3) is 0 Å². The molecule has 1 saturated heterocycles. The lowest BCUT2D eigenvalue weighted by molar-refractivity contribution is -0.141. The summed E-state index contributed by atoms with van der Waals surface area (Å²) in [4.78, 5) is 24.6. The van der Waals surface area contributed by atoms with Crippen molar-refractivity contribution in [1.29, 1.82) is 0 Å². The van der Waals surface area contributed by atoms with Crippen molar-refractivity contribution < 1.29 is 24.2 Å². The first-order chi connectivity index (χ1) is 11.5. The molecular weight excluding hydrogens is 310 g/mol. The maximum atomic E-state index is 12.0. The Morgan fingerprint density at radius 3 is 2.71 bits per heavy atom. The minimum atomic E-state index is -0.916. The van der Waals surface area contributed by atoms with Crippen LogP contribution in [-0.2, 0) is 16.1 Å². The van der Waals surface area contributed by atoms with Crippen LogP contribution >= 0.6 is 0 Å². The molecule has 1 amide bonds. The number of hydrogen-bond acceptors (Lipinski definition) is 4. The molecule has 0 saturated carbocycles. The molecule has 132 valence electrons. The molecule has 6 nitrogen and oxygen atoms in total. The lowest BCUT2D eigenvalue weighted by atomic mass is 10.1. The van der Waals surface area contributed by atoms with Crippen molar-refractivity contribution in [2.45, 2.75) is 39.7 Å². The van der Waals surface area contributed by atoms with Crippen molar-refractivity contribution in [1.82, 2.24) is 4.90 Å². The third-order valence-electron chi connectivity index (χ3n) is 4.00. The van der Waals surface area contributed by atoms with Crippen LogP contribution in [0.3, 0.4) is 0 Å². The zero-order chi connectivity index (χ0) is 17.5. The predicted octanol–water partition coefficient (Wildman–Crippen LogP) is 2.70. The fraction of sp³-hybridized carbons (Fsp3) is 0.556. The summed E-state index contributed by atoms with van der Waals surface area (Å²) in [7, 11) is 0. The summed E-state index contributed by atoms with van der Waals surface area (Å²) in [5, 5.41) is 9.05. The maximum absolute atomic E-state index is 12.0. The van der Waals surface area contributed by atoms with Gasteiger partial charge in [0.25, 0.3) is 0 Å². The molecule has 0 aliphatic carbocycles. The molecule has 0 bridgehead atoms. The number of rotatable bonds is 9. The van der Waals surface area contributed by atoms with Gasteiger partial charge in [-0.05, 0) is 31.0 Å². The number of carbonyl (C=O) groups is 2. The van der Waals surface area contributed by atoms with Gasteiger partial charge in [-0.3, -0.25) is 9.59 Å². The Morgan fingerprint density at radius 1 is 1.29 bits per heavy atom. The van der Waals surface area contributed by atoms with Crippen molar-refractivity contribution >= 4 is 11.9 Å². The van der Waals surface area contributed by atoms with E-state index in [2.05, 4.69) is 6.92 Å². The predicted molar refractivity (Wildman–Crippen MR) is 89.2 cm³/mol. The van der Waals surface area contributed by atoms with E-state index in [0.717, 1.165) is 18.4 Å². The van der Waals surface area contributed by atoms with Crippen LogP contribution in [-0.4, -0.2) is 41.6 Å². The Balaban J connectivity index is 2.06. The first-order valence-corrected chi connectivity index (χ1v) is 8.44. The first kappa shape index (κ1) is 18.1. The van der Waals surface area contributed by atoms with E-state index in [4.69, 9.17) is 14.6 Å². The number of amides is 1. The lowest BCUT2D eigenvalue weighted by Gasteiger charge is -2.18. The zero-order valence-electron chi connectivity index (χ0n) is 14.3. The standard InChI is InChI=1S/C18H25NO5/c1-3-5-8-24-15-7-6-13(9-16(15)23-4-2)11-19-12-14(18(21)22)10-17(19)20/h6-7,9,14H,3-5,8,10-12H2,1-2H3,(H,21,22). The van der Waals surface area contributed by atoms with Crippen molar-refractivity contribution in [3.05, 3.63) is 23.8 Å². The topological polar surface area (TPSA) is 76.1 Å². The fourth-order valence-corrected chi connectivity index (χ4v) is 2.68. The van der Waals surface area contributed by atoms with Crippen LogP contribution in [0.2, 0.25) is 0 Å². The molecule has 0 radical (unpaired) electrons. The normalized spacial score (nSPS) is 17.2. The molecular formula is C18H25NO5. The number of hydrogen-bond donors (Lipinski definition) is 1. The molecule has 1 atom stereocenters. The summed E-state index contributed by atoms with van der Waals surface area (Å²) in [5.74, 6) is -0.289. The van der Waals surface area contributed by atoms with Crippen LogP contribution in [0.15, 0.2) is 18.2 Å². The van der Waals surface area contributed by atoms with Crippen LogP contribution in [0.5, 0.6) is 11.5 Å². The Bertz CT molecular complexity index is 587. The summed E-state index contributed by atoms with van der Waals surface area (Å²) >= 11 is 0. The average Bonchev–Trinajstić information content (AvgIpc) is 2.91. The molecule has 1 aliphatic heterocycles. The fourth-order valence-electron chi connectivity index (χ4n) is 2.68. The van der Waals surface area contributed by atoms with Gasteiger partial charge in [0.1, 0.15) is 0 Å². The molecule has 1 N–H and O–H groups in total. The van der Waals surface area contributed by atoms with Gasteiger partial charge in [-0.2, -0.15) is 0 Å². The number of aliphatic carboxylic acids is 1. The number of carbonyl (C=O) groups excluding carboxylic acids is 1. The monoisotopic (exact) mass is 335 g/mol. The Morgan fingerprint density at radius 2 is 2.08 bits per heavy atom. The van der Waals surface area contributed by atoms with Gasteiger partial charge in [0.15, 0.2) is 11.5 Å². The van der Waals surface area contributed by atoms with Crippen LogP contribution in [0, 0.1) is 5.92 Å². The third kappa shape index (κ3) is 4.63. The van der Waals surface area contributed by atoms with Gasteiger partial charge >= 0.3 is 5.97 Å². The quantitative estimate of drug-likeness (QED) is 0.702. The number of nitrogens with zero attached hydrogens (tertiary/aromatic N) is 1. The third-order valence-corrected chi connectivity index (χ3v) is 4.00. The number of unbranched alkanes of at least 4 members (excludes halogenated alkanes) is 1. The molecule has 0 spiro atoms. The largest absolute Gasteiger partial charge is 0.490 e. The minimum absolute atomic E-state index is 0.0753. The van der Waals surface area contributed by atoms with Gasteiger partial charge in [0.2, 0.25) is 5.91 Å². The molecule has 1 aromatic rings. The summed E-state index contributed by atoms with van der Waals surface area (Å²) in [6.45, 7) is 5.82. The maximum Gasteiger partial charge on any atom is 0.308 e. The highest BCUT2D eigenvalue weighted by atomic mass is 16.5. The minimum Gasteiger partial charge on any atom is -0.490 e. The van der Waals surface area contributed by atoms with E-state index in [-0.39, 0.29) is 18.9 Å². The summed E-state index contributed by atoms with van der Waals surface area (Å²) in [6, 6.07) is 5.61. The van der Waals surface area contributed by atoms with Crippen LogP contribution < -0.4 is 9.47 Å². The number of benzene rings is 1. The summed E-state index contributed by atoms with van der Waals surface area (Å²) in [6.07, 6.45) is 2.11. The molecule has 2 rings (SSSR count). The summed E-state index contributed by atoms with van der Waals surface area (Å²) in [5.41, 5.74) is 0.903. The van der Waals surface area contributed by atoms with Crippen molar-refractivity contribution in [2.24, 2.45) is 5.92 Å². The Labute approximate surface area is 142 Å². The first-order valence-electron chi connectivity index (χ1n) is 8.44. The second kappa shape index (κ2) is 8.57. The molecule has 0 aromatic heterocycles. The SMILES string of the molecule is CCCCOc1ccc(CN2CC(C(=O)O)CC2=O)cc1OCC. The average molecular weight is 335 g/mol. The smallest absolute Gasteiger partial charge is 0.308 e.